The number of aliphatic hydroxyl groups excluding tert-OH is 2. The number of aromatic nitrogens is 4. The number of aliphatic hydroxyl groups is 2. The Balaban J connectivity index is 1.60. The molecule has 14 nitrogen and oxygen atoms in total. The minimum atomic E-state index is -2.69. The van der Waals surface area contributed by atoms with Crippen molar-refractivity contribution in [2.45, 2.75) is 42.9 Å². The number of ether oxygens (including phenoxy) is 3. The molecule has 1 unspecified atom stereocenters. The van der Waals surface area contributed by atoms with Gasteiger partial charge in [-0.2, -0.15) is 9.97 Å². The molecule has 0 saturated carbocycles. The fourth-order valence-electron chi connectivity index (χ4n) is 4.26. The summed E-state index contributed by atoms with van der Waals surface area (Å²) in [5, 5.41) is 43.4. The summed E-state index contributed by atoms with van der Waals surface area (Å²) >= 11 is 6.17. The maximum absolute atomic E-state index is 12.1. The number of benzene rings is 1. The molecule has 3 heterocycles. The number of anilines is 1. The molecule has 0 radical (unpaired) electrons. The monoisotopic (exact) mass is 589 g/mol. The van der Waals surface area contributed by atoms with Crippen molar-refractivity contribution in [2.24, 2.45) is 0 Å². The van der Waals surface area contributed by atoms with Crippen LogP contribution in [0.3, 0.4) is 0 Å². The standard InChI is InChI=1S/C26H28ClN5O9/c1-2-18(34)22(32-14-28-19-20(29-16-8-9-39-12-16)30-25(27)31-21(19)32)41-17(11-33)13-40-26(23(35)36,24(37)38)10-15-6-4-3-5-7-15/h1,3-7,14,16-18,22,33-34H,8-13H2,(H,35,36)(H,37,38)(H,29,30,31)/t16?,17-,18+,22+/m0/s1. The van der Waals surface area contributed by atoms with Gasteiger partial charge in [0.05, 0.1) is 32.2 Å². The fraction of sp³-hybridized carbons (Fsp3) is 0.423. The van der Waals surface area contributed by atoms with Crippen molar-refractivity contribution in [3.05, 3.63) is 47.5 Å². The molecule has 218 valence electrons. The molecule has 1 aliphatic rings. The third-order valence-corrected chi connectivity index (χ3v) is 6.59. The number of rotatable bonds is 14. The van der Waals surface area contributed by atoms with Crippen LogP contribution in [0.25, 0.3) is 11.2 Å². The van der Waals surface area contributed by atoms with Gasteiger partial charge in [-0.15, -0.1) is 6.42 Å². The molecule has 4 atom stereocenters. The topological polar surface area (TPSA) is 198 Å². The van der Waals surface area contributed by atoms with Crippen molar-refractivity contribution >= 4 is 40.5 Å². The van der Waals surface area contributed by atoms with E-state index in [9.17, 15) is 30.0 Å². The van der Waals surface area contributed by atoms with E-state index in [0.29, 0.717) is 24.6 Å². The molecule has 15 heteroatoms. The van der Waals surface area contributed by atoms with Gasteiger partial charge in [-0.05, 0) is 23.6 Å². The van der Waals surface area contributed by atoms with Gasteiger partial charge in [0, 0.05) is 13.0 Å². The minimum Gasteiger partial charge on any atom is -0.479 e. The molecular formula is C26H28ClN5O9. The molecule has 0 aliphatic carbocycles. The van der Waals surface area contributed by atoms with Gasteiger partial charge in [0.15, 0.2) is 29.3 Å². The Labute approximate surface area is 238 Å². The molecule has 0 bridgehead atoms. The number of carboxylic acids is 2. The highest BCUT2D eigenvalue weighted by atomic mass is 35.5. The number of hydrogen-bond acceptors (Lipinski definition) is 11. The second-order valence-corrected chi connectivity index (χ2v) is 9.56. The van der Waals surface area contributed by atoms with Crippen molar-refractivity contribution < 1.29 is 44.2 Å². The van der Waals surface area contributed by atoms with Crippen molar-refractivity contribution in [1.82, 2.24) is 19.5 Å². The Kier molecular flexibility index (Phi) is 9.71. The quantitative estimate of drug-likeness (QED) is 0.100. The van der Waals surface area contributed by atoms with Gasteiger partial charge < -0.3 is 40.0 Å². The summed E-state index contributed by atoms with van der Waals surface area (Å²) in [6, 6.07) is 8.03. The van der Waals surface area contributed by atoms with Gasteiger partial charge in [0.25, 0.3) is 5.60 Å². The van der Waals surface area contributed by atoms with Crippen LogP contribution in [0, 0.1) is 12.3 Å². The summed E-state index contributed by atoms with van der Waals surface area (Å²) < 4.78 is 17.9. The minimum absolute atomic E-state index is 0.0341. The second kappa shape index (κ2) is 13.2. The number of fused-ring (bicyclic) bond motifs is 1. The average molecular weight is 590 g/mol. The number of carboxylic acid groups (broad SMARTS) is 2. The van der Waals surface area contributed by atoms with E-state index in [1.807, 2.05) is 0 Å². The molecule has 1 fully saturated rings. The molecule has 1 aromatic carbocycles. The molecule has 4 rings (SSSR count). The maximum atomic E-state index is 12.1. The number of imidazole rings is 1. The lowest BCUT2D eigenvalue weighted by molar-refractivity contribution is -0.195. The van der Waals surface area contributed by atoms with Gasteiger partial charge in [-0.1, -0.05) is 36.3 Å². The molecule has 2 aromatic heterocycles. The number of halogens is 1. The van der Waals surface area contributed by atoms with Gasteiger partial charge in [-0.3, -0.25) is 4.57 Å². The first-order valence-corrected chi connectivity index (χ1v) is 12.9. The van der Waals surface area contributed by atoms with E-state index in [1.54, 1.807) is 30.3 Å². The van der Waals surface area contributed by atoms with Gasteiger partial charge >= 0.3 is 11.9 Å². The van der Waals surface area contributed by atoms with Crippen LogP contribution >= 0.6 is 11.6 Å². The predicted octanol–water partition coefficient (Wildman–Crippen LogP) is 0.718. The van der Waals surface area contributed by atoms with E-state index in [4.69, 9.17) is 32.2 Å². The van der Waals surface area contributed by atoms with Crippen LogP contribution in [0.15, 0.2) is 36.7 Å². The second-order valence-electron chi connectivity index (χ2n) is 9.22. The Morgan fingerprint density at radius 2 is 2.00 bits per heavy atom. The predicted molar refractivity (Wildman–Crippen MR) is 143 cm³/mol. The van der Waals surface area contributed by atoms with E-state index >= 15 is 0 Å². The van der Waals surface area contributed by atoms with Gasteiger partial charge in [-0.25, -0.2) is 14.6 Å². The van der Waals surface area contributed by atoms with E-state index in [1.165, 1.54) is 10.9 Å². The van der Waals surface area contributed by atoms with E-state index < -0.39 is 55.6 Å². The van der Waals surface area contributed by atoms with Crippen LogP contribution in [-0.2, 0) is 30.2 Å². The molecule has 41 heavy (non-hydrogen) atoms. The van der Waals surface area contributed by atoms with Crippen molar-refractivity contribution in [3.8, 4) is 12.3 Å². The Morgan fingerprint density at radius 3 is 2.61 bits per heavy atom. The van der Waals surface area contributed by atoms with Crippen LogP contribution in [0.2, 0.25) is 5.28 Å². The maximum Gasteiger partial charge on any atom is 0.348 e. The van der Waals surface area contributed by atoms with Crippen molar-refractivity contribution in [1.29, 1.82) is 0 Å². The molecule has 5 N–H and O–H groups in total. The number of terminal acetylenes is 1. The van der Waals surface area contributed by atoms with E-state index in [2.05, 4.69) is 26.2 Å². The molecular weight excluding hydrogens is 562 g/mol. The van der Waals surface area contributed by atoms with Crippen LogP contribution in [0.1, 0.15) is 18.2 Å². The number of nitrogens with zero attached hydrogens (tertiary/aromatic N) is 4. The fourth-order valence-corrected chi connectivity index (χ4v) is 4.43. The molecule has 3 aromatic rings. The zero-order chi connectivity index (χ0) is 29.6. The number of aliphatic carboxylic acids is 2. The third kappa shape index (κ3) is 6.73. The average Bonchev–Trinajstić information content (AvgIpc) is 3.62. The Hall–Kier alpha value is -3.84. The zero-order valence-corrected chi connectivity index (χ0v) is 22.3. The van der Waals surface area contributed by atoms with Crippen LogP contribution in [0.4, 0.5) is 5.82 Å². The molecule has 0 amide bonds. The van der Waals surface area contributed by atoms with Crippen LogP contribution in [-0.4, -0.2) is 102 Å². The molecule has 1 saturated heterocycles. The van der Waals surface area contributed by atoms with E-state index in [0.717, 1.165) is 6.42 Å². The van der Waals surface area contributed by atoms with Gasteiger partial charge in [0.2, 0.25) is 5.28 Å². The summed E-state index contributed by atoms with van der Waals surface area (Å²) in [6.45, 7) is -0.390. The Morgan fingerprint density at radius 1 is 1.27 bits per heavy atom. The smallest absolute Gasteiger partial charge is 0.348 e. The highest BCUT2D eigenvalue weighted by Crippen LogP contribution is 2.28. The van der Waals surface area contributed by atoms with Crippen molar-refractivity contribution in [2.75, 3.05) is 31.7 Å². The third-order valence-electron chi connectivity index (χ3n) is 6.42. The lowest BCUT2D eigenvalue weighted by atomic mass is 9.94. The normalized spacial score (nSPS) is 17.6. The number of carbonyl (C=O) groups is 2. The summed E-state index contributed by atoms with van der Waals surface area (Å²) in [5.74, 6) is -1.03. The van der Waals surface area contributed by atoms with E-state index in [-0.39, 0.29) is 22.5 Å². The van der Waals surface area contributed by atoms with Crippen LogP contribution < -0.4 is 5.32 Å². The summed E-state index contributed by atoms with van der Waals surface area (Å²) in [5.41, 5.74) is -1.87. The van der Waals surface area contributed by atoms with Crippen LogP contribution in [0.5, 0.6) is 0 Å². The molecule has 0 spiro atoms. The highest BCUT2D eigenvalue weighted by molar-refractivity contribution is 6.28. The lowest BCUT2D eigenvalue weighted by Gasteiger charge is -2.30. The number of nitrogens with one attached hydrogen (secondary N) is 1. The van der Waals surface area contributed by atoms with Crippen molar-refractivity contribution in [3.63, 3.8) is 0 Å². The first-order chi connectivity index (χ1) is 19.7. The van der Waals surface area contributed by atoms with Gasteiger partial charge in [0.1, 0.15) is 6.10 Å². The Bertz CT molecular complexity index is 1390. The summed E-state index contributed by atoms with van der Waals surface area (Å²) in [4.78, 5) is 37.0. The summed E-state index contributed by atoms with van der Waals surface area (Å²) in [7, 11) is 0. The first-order valence-electron chi connectivity index (χ1n) is 12.5. The SMILES string of the molecule is C#C[C@@H](O)[C@@H](O[C@@H](CO)COC(Cc1ccccc1)(C(=O)O)C(=O)O)n1cnc2c(NC3CCOC3)nc(Cl)nc21. The first kappa shape index (κ1) is 30.1. The largest absolute Gasteiger partial charge is 0.479 e. The lowest BCUT2D eigenvalue weighted by Crippen LogP contribution is -2.52. The summed E-state index contributed by atoms with van der Waals surface area (Å²) in [6.07, 6.45) is 2.62. The molecule has 1 aliphatic heterocycles. The number of hydrogen-bond donors (Lipinski definition) is 5. The highest BCUT2D eigenvalue weighted by Gasteiger charge is 2.49. The zero-order valence-electron chi connectivity index (χ0n) is 21.6.